The highest BCUT2D eigenvalue weighted by Crippen LogP contribution is 2.33. The molecule has 2 heterocycles. The first-order chi connectivity index (χ1) is 18.4. The largest absolute Gasteiger partial charge is 0.487 e. The van der Waals surface area contributed by atoms with Gasteiger partial charge in [-0.05, 0) is 44.6 Å². The van der Waals surface area contributed by atoms with Gasteiger partial charge in [-0.3, -0.25) is 9.59 Å². The van der Waals surface area contributed by atoms with Gasteiger partial charge in [0.15, 0.2) is 0 Å². The first-order valence-electron chi connectivity index (χ1n) is 12.7. The van der Waals surface area contributed by atoms with Crippen molar-refractivity contribution in [3.05, 3.63) is 77.1 Å². The summed E-state index contributed by atoms with van der Waals surface area (Å²) in [6.45, 7) is 1.23. The Balaban J connectivity index is 1.47. The number of hydrogen-bond donors (Lipinski definition) is 1. The number of aromatic nitrogens is 3. The molecule has 0 saturated carbocycles. The maximum absolute atomic E-state index is 13.1. The number of ether oxygens (including phenoxy) is 1. The summed E-state index contributed by atoms with van der Waals surface area (Å²) in [4.78, 5) is 40.2. The van der Waals surface area contributed by atoms with E-state index in [2.05, 4.69) is 32.7 Å². The van der Waals surface area contributed by atoms with Crippen LogP contribution in [0.3, 0.4) is 0 Å². The number of carbonyl (C=O) groups excluding carboxylic acids is 3. The van der Waals surface area contributed by atoms with Crippen LogP contribution in [0.2, 0.25) is 0 Å². The van der Waals surface area contributed by atoms with E-state index in [9.17, 15) is 14.4 Å². The number of carbonyl (C=O) groups is 3. The van der Waals surface area contributed by atoms with E-state index in [0.717, 1.165) is 24.8 Å². The number of benzene rings is 2. The molecule has 0 spiro atoms. The molecule has 1 aromatic heterocycles. The minimum Gasteiger partial charge on any atom is -0.487 e. The van der Waals surface area contributed by atoms with Gasteiger partial charge in [-0.25, -0.2) is 4.68 Å². The van der Waals surface area contributed by atoms with Crippen molar-refractivity contribution in [2.45, 2.75) is 44.5 Å². The second kappa shape index (κ2) is 12.5. The third kappa shape index (κ3) is 6.25. The van der Waals surface area contributed by atoms with E-state index in [1.165, 1.54) is 17.5 Å². The molecule has 0 radical (unpaired) electrons. The average molecular weight is 519 g/mol. The van der Waals surface area contributed by atoms with Crippen LogP contribution in [0.1, 0.15) is 46.1 Å². The molecule has 4 rings (SSSR count). The van der Waals surface area contributed by atoms with Crippen LogP contribution in [0, 0.1) is 0 Å². The van der Waals surface area contributed by atoms with E-state index in [1.54, 1.807) is 12.1 Å². The van der Waals surface area contributed by atoms with Crippen molar-refractivity contribution in [3.8, 4) is 5.75 Å². The van der Waals surface area contributed by atoms with Crippen molar-refractivity contribution in [1.29, 1.82) is 0 Å². The predicted molar refractivity (Wildman–Crippen MR) is 142 cm³/mol. The highest BCUT2D eigenvalue weighted by molar-refractivity contribution is 6.01. The summed E-state index contributed by atoms with van der Waals surface area (Å²) < 4.78 is 7.99. The second-order valence-corrected chi connectivity index (χ2v) is 9.67. The third-order valence-corrected chi connectivity index (χ3v) is 6.63. The maximum Gasteiger partial charge on any atom is 0.255 e. The first kappa shape index (κ1) is 27.0. The molecule has 10 heteroatoms. The van der Waals surface area contributed by atoms with Crippen molar-refractivity contribution in [2.75, 3.05) is 27.7 Å². The quantitative estimate of drug-likeness (QED) is 0.346. The maximum atomic E-state index is 13.1. The van der Waals surface area contributed by atoms with Gasteiger partial charge in [-0.1, -0.05) is 41.6 Å². The van der Waals surface area contributed by atoms with E-state index in [1.807, 2.05) is 49.2 Å². The van der Waals surface area contributed by atoms with Gasteiger partial charge in [0.1, 0.15) is 30.4 Å². The number of nitrogens with zero attached hydrogens (tertiary/aromatic N) is 5. The number of nitrogens with one attached hydrogen (secondary N) is 1. The van der Waals surface area contributed by atoms with Gasteiger partial charge in [0.05, 0.1) is 18.8 Å². The van der Waals surface area contributed by atoms with Crippen LogP contribution in [0.25, 0.3) is 0 Å². The molecule has 10 nitrogen and oxygen atoms in total. The summed E-state index contributed by atoms with van der Waals surface area (Å²) in [5.74, 6) is 0.0197. The van der Waals surface area contributed by atoms with Crippen LogP contribution >= 0.6 is 0 Å². The third-order valence-electron chi connectivity index (χ3n) is 6.63. The predicted octanol–water partition coefficient (Wildman–Crippen LogP) is 2.25. The zero-order valence-corrected chi connectivity index (χ0v) is 22.0. The van der Waals surface area contributed by atoms with E-state index >= 15 is 0 Å². The number of fused-ring (bicyclic) bond motifs is 1. The van der Waals surface area contributed by atoms with Gasteiger partial charge >= 0.3 is 0 Å². The normalized spacial score (nSPS) is 14.3. The standard InChI is InChI=1S/C28H34N6O4/c1-29-27(36)25(12-8-14-35)33-18-24-23(28(33)37)11-7-13-26(24)38-19-21-16-34(31-30-21)22(17-32(2)3)15-20-9-5-4-6-10-20/h4-7,9-11,13-14,16,22,25H,8,12,15,17-19H2,1-3H3,(H,29,36)/t22-,25?/m1/s1. The number of hydrogen-bond acceptors (Lipinski definition) is 7. The summed E-state index contributed by atoms with van der Waals surface area (Å²) in [6, 6.07) is 15.0. The molecule has 38 heavy (non-hydrogen) atoms. The Morgan fingerprint density at radius 1 is 1.18 bits per heavy atom. The van der Waals surface area contributed by atoms with Crippen molar-refractivity contribution in [1.82, 2.24) is 30.1 Å². The molecule has 1 aliphatic heterocycles. The molecular weight excluding hydrogens is 484 g/mol. The van der Waals surface area contributed by atoms with Crippen LogP contribution in [-0.2, 0) is 29.2 Å². The van der Waals surface area contributed by atoms with Crippen molar-refractivity contribution in [2.24, 2.45) is 0 Å². The molecular formula is C28H34N6O4. The summed E-state index contributed by atoms with van der Waals surface area (Å²) in [7, 11) is 5.59. The molecule has 1 N–H and O–H groups in total. The fraction of sp³-hybridized carbons (Fsp3) is 0.393. The lowest BCUT2D eigenvalue weighted by Crippen LogP contribution is -2.46. The van der Waals surface area contributed by atoms with E-state index in [0.29, 0.717) is 17.0 Å². The van der Waals surface area contributed by atoms with Crippen molar-refractivity contribution < 1.29 is 19.1 Å². The number of aldehydes is 1. The number of amides is 2. The molecule has 200 valence electrons. The fourth-order valence-electron chi connectivity index (χ4n) is 4.79. The van der Waals surface area contributed by atoms with Crippen LogP contribution in [0.4, 0.5) is 0 Å². The van der Waals surface area contributed by atoms with E-state index in [4.69, 9.17) is 4.74 Å². The highest BCUT2D eigenvalue weighted by atomic mass is 16.5. The molecule has 1 aliphatic rings. The van der Waals surface area contributed by atoms with Crippen LogP contribution in [0.5, 0.6) is 5.75 Å². The zero-order valence-electron chi connectivity index (χ0n) is 22.0. The fourth-order valence-corrected chi connectivity index (χ4v) is 4.79. The summed E-state index contributed by atoms with van der Waals surface area (Å²) in [5, 5.41) is 11.3. The van der Waals surface area contributed by atoms with Crippen LogP contribution in [0.15, 0.2) is 54.7 Å². The van der Waals surface area contributed by atoms with E-state index in [-0.39, 0.29) is 43.8 Å². The van der Waals surface area contributed by atoms with Crippen molar-refractivity contribution >= 4 is 18.1 Å². The molecule has 3 aromatic rings. The monoisotopic (exact) mass is 518 g/mol. The molecule has 0 fully saturated rings. The lowest BCUT2D eigenvalue weighted by Gasteiger charge is -2.25. The number of rotatable bonds is 13. The Morgan fingerprint density at radius 3 is 2.68 bits per heavy atom. The van der Waals surface area contributed by atoms with Crippen molar-refractivity contribution in [3.63, 3.8) is 0 Å². The van der Waals surface area contributed by atoms with E-state index < -0.39 is 6.04 Å². The van der Waals surface area contributed by atoms with Gasteiger partial charge in [-0.2, -0.15) is 0 Å². The molecule has 1 unspecified atom stereocenters. The second-order valence-electron chi connectivity index (χ2n) is 9.67. The van der Waals surface area contributed by atoms with Crippen LogP contribution in [-0.4, -0.2) is 76.6 Å². The van der Waals surface area contributed by atoms with Gasteiger partial charge in [0.2, 0.25) is 5.91 Å². The highest BCUT2D eigenvalue weighted by Gasteiger charge is 2.37. The lowest BCUT2D eigenvalue weighted by atomic mass is 10.1. The Morgan fingerprint density at radius 2 is 1.97 bits per heavy atom. The summed E-state index contributed by atoms with van der Waals surface area (Å²) >= 11 is 0. The molecule has 0 bridgehead atoms. The number of likely N-dealkylation sites (N-methyl/N-ethyl adjacent to an activating group) is 2. The molecule has 2 aromatic carbocycles. The van der Waals surface area contributed by atoms with Gasteiger partial charge in [0, 0.05) is 31.1 Å². The van der Waals surface area contributed by atoms with Gasteiger partial charge in [0.25, 0.3) is 5.91 Å². The SMILES string of the molecule is CNC(=O)C(CCC=O)N1Cc2c(OCc3cn([C@H](Cc4ccccc4)CN(C)C)nn3)cccc2C1=O. The summed E-state index contributed by atoms with van der Waals surface area (Å²) in [6.07, 6.45) is 3.94. The molecule has 2 amide bonds. The minimum absolute atomic E-state index is 0.105. The minimum atomic E-state index is -0.726. The zero-order chi connectivity index (χ0) is 27.1. The average Bonchev–Trinajstić information content (AvgIpc) is 3.53. The Hall–Kier alpha value is -4.05. The molecule has 0 aliphatic carbocycles. The molecule has 2 atom stereocenters. The Kier molecular flexibility index (Phi) is 8.85. The topological polar surface area (TPSA) is 110 Å². The van der Waals surface area contributed by atoms with Gasteiger partial charge in [-0.15, -0.1) is 5.10 Å². The first-order valence-corrected chi connectivity index (χ1v) is 12.7. The summed E-state index contributed by atoms with van der Waals surface area (Å²) in [5.41, 5.74) is 3.12. The molecule has 0 saturated heterocycles. The van der Waals surface area contributed by atoms with Crippen LogP contribution < -0.4 is 10.1 Å². The Bertz CT molecular complexity index is 1260. The smallest absolute Gasteiger partial charge is 0.255 e. The lowest BCUT2D eigenvalue weighted by molar-refractivity contribution is -0.125. The van der Waals surface area contributed by atoms with Gasteiger partial charge < -0.3 is 24.6 Å². The Labute approximate surface area is 222 Å².